The molecule has 0 radical (unpaired) electrons. The third kappa shape index (κ3) is 4.61. The molecule has 0 aliphatic carbocycles. The van der Waals surface area contributed by atoms with Crippen LogP contribution in [0.1, 0.15) is 33.3 Å². The van der Waals surface area contributed by atoms with E-state index in [1.165, 1.54) is 5.56 Å². The van der Waals surface area contributed by atoms with Gasteiger partial charge in [0, 0.05) is 0 Å². The van der Waals surface area contributed by atoms with E-state index in [-0.39, 0.29) is 30.4 Å². The molecule has 1 aromatic carbocycles. The van der Waals surface area contributed by atoms with Gasteiger partial charge in [-0.3, -0.25) is 0 Å². The maximum absolute atomic E-state index is 6.66. The van der Waals surface area contributed by atoms with E-state index in [0.717, 1.165) is 6.42 Å². The SMILES string of the molecule is CC1(C)O[C@@H]2[C@H](O1)[C@@H](Cc1ccccc1)N(O[Si](C)(C)C)[C@H]2[C@@H]1COC(C)(C)O1. The van der Waals surface area contributed by atoms with Crippen molar-refractivity contribution in [3.8, 4) is 0 Å². The van der Waals surface area contributed by atoms with Crippen molar-refractivity contribution in [3.05, 3.63) is 35.9 Å². The second-order valence-corrected chi connectivity index (χ2v) is 14.7. The van der Waals surface area contributed by atoms with Gasteiger partial charge in [-0.15, -0.1) is 0 Å². The summed E-state index contributed by atoms with van der Waals surface area (Å²) in [5.74, 6) is -1.22. The highest BCUT2D eigenvalue weighted by Gasteiger charge is 2.62. The average Bonchev–Trinajstić information content (AvgIpc) is 3.18. The van der Waals surface area contributed by atoms with Crippen LogP contribution in [0.25, 0.3) is 0 Å². The molecule has 29 heavy (non-hydrogen) atoms. The molecule has 3 fully saturated rings. The minimum absolute atomic E-state index is 0.0493. The molecule has 0 N–H and O–H groups in total. The summed E-state index contributed by atoms with van der Waals surface area (Å²) in [5, 5.41) is 2.15. The zero-order valence-electron chi connectivity index (χ0n) is 18.7. The third-order valence-corrected chi connectivity index (χ3v) is 6.34. The number of fused-ring (bicyclic) bond motifs is 1. The number of hydrogen-bond acceptors (Lipinski definition) is 6. The van der Waals surface area contributed by atoms with E-state index in [1.807, 2.05) is 33.8 Å². The average molecular weight is 422 g/mol. The fourth-order valence-corrected chi connectivity index (χ4v) is 5.54. The van der Waals surface area contributed by atoms with E-state index >= 15 is 0 Å². The van der Waals surface area contributed by atoms with Crippen molar-refractivity contribution in [2.75, 3.05) is 6.61 Å². The summed E-state index contributed by atoms with van der Waals surface area (Å²) in [4.78, 5) is 0. The van der Waals surface area contributed by atoms with Gasteiger partial charge in [-0.1, -0.05) is 30.3 Å². The topological polar surface area (TPSA) is 49.4 Å². The Morgan fingerprint density at radius 1 is 0.966 bits per heavy atom. The lowest BCUT2D eigenvalue weighted by molar-refractivity contribution is -0.226. The van der Waals surface area contributed by atoms with Gasteiger partial charge in [-0.05, 0) is 59.3 Å². The summed E-state index contributed by atoms with van der Waals surface area (Å²) in [5.41, 5.74) is 1.26. The van der Waals surface area contributed by atoms with Crippen molar-refractivity contribution in [2.24, 2.45) is 0 Å². The number of benzene rings is 1. The van der Waals surface area contributed by atoms with Gasteiger partial charge in [0.1, 0.15) is 18.3 Å². The molecule has 6 nitrogen and oxygen atoms in total. The smallest absolute Gasteiger partial charge is 0.212 e. The van der Waals surface area contributed by atoms with E-state index in [9.17, 15) is 0 Å². The molecule has 0 unspecified atom stereocenters. The first kappa shape index (κ1) is 21.4. The van der Waals surface area contributed by atoms with Crippen molar-refractivity contribution in [3.63, 3.8) is 0 Å². The highest BCUT2D eigenvalue weighted by molar-refractivity contribution is 6.69. The second kappa shape index (κ2) is 7.41. The molecule has 4 rings (SSSR count). The molecular formula is C22H35NO5Si. The molecule has 3 aliphatic rings. The zero-order valence-corrected chi connectivity index (χ0v) is 19.7. The van der Waals surface area contributed by atoms with Crippen molar-refractivity contribution in [1.82, 2.24) is 5.06 Å². The predicted octanol–water partition coefficient (Wildman–Crippen LogP) is 3.72. The molecule has 0 aromatic heterocycles. The number of hydrogen-bond donors (Lipinski definition) is 0. The number of rotatable bonds is 5. The van der Waals surface area contributed by atoms with Crippen LogP contribution in [0.4, 0.5) is 0 Å². The van der Waals surface area contributed by atoms with E-state index < -0.39 is 19.9 Å². The minimum Gasteiger partial charge on any atom is -0.348 e. The van der Waals surface area contributed by atoms with Gasteiger partial charge >= 0.3 is 0 Å². The summed E-state index contributed by atoms with van der Waals surface area (Å²) in [6.45, 7) is 15.0. The summed E-state index contributed by atoms with van der Waals surface area (Å²) >= 11 is 0. The van der Waals surface area contributed by atoms with E-state index in [4.69, 9.17) is 23.5 Å². The van der Waals surface area contributed by atoms with Gasteiger partial charge in [-0.25, -0.2) is 0 Å². The fourth-order valence-electron chi connectivity index (χ4n) is 4.66. The summed E-state index contributed by atoms with van der Waals surface area (Å²) in [6, 6.07) is 10.5. The van der Waals surface area contributed by atoms with Crippen molar-refractivity contribution >= 4 is 8.32 Å². The molecular weight excluding hydrogens is 386 g/mol. The van der Waals surface area contributed by atoms with E-state index in [2.05, 4.69) is 49.0 Å². The first-order valence-electron chi connectivity index (χ1n) is 10.6. The first-order valence-corrected chi connectivity index (χ1v) is 14.0. The van der Waals surface area contributed by atoms with Crippen LogP contribution in [0.3, 0.4) is 0 Å². The van der Waals surface area contributed by atoms with Gasteiger partial charge in [0.25, 0.3) is 0 Å². The van der Waals surface area contributed by atoms with Crippen LogP contribution in [0.5, 0.6) is 0 Å². The lowest BCUT2D eigenvalue weighted by Crippen LogP contribution is -2.53. The van der Waals surface area contributed by atoms with Gasteiger partial charge in [0.15, 0.2) is 11.6 Å². The molecule has 0 saturated carbocycles. The Morgan fingerprint density at radius 2 is 1.62 bits per heavy atom. The molecule has 0 bridgehead atoms. The molecule has 3 saturated heterocycles. The predicted molar refractivity (Wildman–Crippen MR) is 113 cm³/mol. The summed E-state index contributed by atoms with van der Waals surface area (Å²) < 4.78 is 31.7. The van der Waals surface area contributed by atoms with Gasteiger partial charge in [-0.2, -0.15) is 5.06 Å². The molecule has 1 aromatic rings. The second-order valence-electron chi connectivity index (χ2n) is 10.2. The summed E-state index contributed by atoms with van der Waals surface area (Å²) in [6.07, 6.45) is 0.489. The van der Waals surface area contributed by atoms with Gasteiger partial charge in [0.05, 0.1) is 18.7 Å². The molecule has 162 valence electrons. The van der Waals surface area contributed by atoms with Crippen LogP contribution >= 0.6 is 0 Å². The van der Waals surface area contributed by atoms with Crippen LogP contribution < -0.4 is 0 Å². The Bertz CT molecular complexity index is 720. The standard InChI is InChI=1S/C22H35NO5Si/c1-21(2)24-14-17(25-21)18-20-19(26-22(3,4)27-20)16(23(18)28-29(5,6)7)13-15-11-9-8-10-12-15/h8-12,16-20H,13-14H2,1-7H3/t16-,17+,18+,19-,20+/m1/s1. The maximum Gasteiger partial charge on any atom is 0.212 e. The lowest BCUT2D eigenvalue weighted by atomic mass is 10.00. The van der Waals surface area contributed by atoms with Crippen molar-refractivity contribution < 1.29 is 23.5 Å². The molecule has 3 aliphatic heterocycles. The Kier molecular flexibility index (Phi) is 5.47. The Balaban J connectivity index is 1.69. The van der Waals surface area contributed by atoms with Crippen LogP contribution in [-0.2, 0) is 29.9 Å². The third-order valence-electron chi connectivity index (χ3n) is 5.58. The van der Waals surface area contributed by atoms with Crippen molar-refractivity contribution in [2.45, 2.75) is 95.7 Å². The quantitative estimate of drug-likeness (QED) is 0.676. The summed E-state index contributed by atoms with van der Waals surface area (Å²) in [7, 11) is -1.87. The molecule has 5 atom stereocenters. The van der Waals surface area contributed by atoms with Gasteiger partial charge in [0.2, 0.25) is 8.32 Å². The largest absolute Gasteiger partial charge is 0.348 e. The first-order chi connectivity index (χ1) is 13.4. The van der Waals surface area contributed by atoms with Crippen molar-refractivity contribution in [1.29, 1.82) is 0 Å². The Hall–Kier alpha value is -0.803. The van der Waals surface area contributed by atoms with Gasteiger partial charge < -0.3 is 23.5 Å². The van der Waals surface area contributed by atoms with Crippen LogP contribution in [0.15, 0.2) is 30.3 Å². The monoisotopic (exact) mass is 421 g/mol. The molecule has 3 heterocycles. The van der Waals surface area contributed by atoms with E-state index in [0.29, 0.717) is 6.61 Å². The van der Waals surface area contributed by atoms with Crippen LogP contribution in [-0.4, -0.2) is 62.0 Å². The van der Waals surface area contributed by atoms with Crippen LogP contribution in [0, 0.1) is 0 Å². The zero-order chi connectivity index (χ0) is 21.0. The highest BCUT2D eigenvalue weighted by Crippen LogP contribution is 2.45. The molecule has 7 heteroatoms. The number of nitrogens with zero attached hydrogens (tertiary/aromatic N) is 1. The molecule has 0 amide bonds. The van der Waals surface area contributed by atoms with E-state index in [1.54, 1.807) is 0 Å². The minimum atomic E-state index is -1.87. The molecule has 0 spiro atoms. The van der Waals surface area contributed by atoms with Crippen LogP contribution in [0.2, 0.25) is 19.6 Å². The Morgan fingerprint density at radius 3 is 2.21 bits per heavy atom. The maximum atomic E-state index is 6.66. The highest BCUT2D eigenvalue weighted by atomic mass is 28.4. The fraction of sp³-hybridized carbons (Fsp3) is 0.727. The lowest BCUT2D eigenvalue weighted by Gasteiger charge is -2.39. The number of hydroxylamine groups is 2. The normalized spacial score (nSPS) is 36.4. The number of ether oxygens (including phenoxy) is 4. The Labute approximate surface area is 175 Å².